The van der Waals surface area contributed by atoms with Crippen LogP contribution in [0.2, 0.25) is 0 Å². The highest BCUT2D eigenvalue weighted by Gasteiger charge is 2.20. The molecule has 3 aromatic carbocycles. The number of nitrogens with one attached hydrogen (secondary N) is 3. The van der Waals surface area contributed by atoms with E-state index in [1.54, 1.807) is 0 Å². The second kappa shape index (κ2) is 11.4. The number of sulfonamides is 3. The van der Waals surface area contributed by atoms with Crippen LogP contribution in [0.3, 0.4) is 0 Å². The van der Waals surface area contributed by atoms with E-state index >= 15 is 0 Å². The van der Waals surface area contributed by atoms with Crippen molar-refractivity contribution in [3.63, 3.8) is 0 Å². The summed E-state index contributed by atoms with van der Waals surface area (Å²) in [5.74, 6) is 0.947. The van der Waals surface area contributed by atoms with Gasteiger partial charge in [-0.2, -0.15) is 0 Å². The number of hydrogen-bond acceptors (Lipinski definition) is 9. The van der Waals surface area contributed by atoms with Crippen LogP contribution < -0.4 is 27.7 Å². The van der Waals surface area contributed by atoms with Crippen molar-refractivity contribution in [1.82, 2.24) is 0 Å². The van der Waals surface area contributed by atoms with Crippen molar-refractivity contribution in [2.75, 3.05) is 32.9 Å². The van der Waals surface area contributed by atoms with E-state index in [2.05, 4.69) is 14.2 Å². The molecule has 0 radical (unpaired) electrons. The minimum Gasteiger partial charge on any atom is -0.409 e. The maximum atomic E-state index is 11.4. The summed E-state index contributed by atoms with van der Waals surface area (Å²) in [6.07, 6.45) is 3.10. The summed E-state index contributed by atoms with van der Waals surface area (Å²) >= 11 is 0. The minimum absolute atomic E-state index is 0.316. The Bertz CT molecular complexity index is 1340. The van der Waals surface area contributed by atoms with Crippen LogP contribution in [0, 0.1) is 0 Å². The van der Waals surface area contributed by atoms with Gasteiger partial charge in [-0.15, -0.1) is 0 Å². The first kappa shape index (κ1) is 28.3. The molecule has 37 heavy (non-hydrogen) atoms. The van der Waals surface area contributed by atoms with Crippen molar-refractivity contribution >= 4 is 55.7 Å². The third-order valence-corrected chi connectivity index (χ3v) is 6.91. The fourth-order valence-corrected chi connectivity index (χ4v) is 5.39. The monoisotopic (exact) mass is 589 g/mol. The van der Waals surface area contributed by atoms with Crippen LogP contribution in [0.15, 0.2) is 72.8 Å². The van der Waals surface area contributed by atoms with E-state index in [-0.39, 0.29) is 0 Å². The molecule has 0 amide bonds. The Balaban J connectivity index is 1.79. The molecule has 16 heteroatoms. The van der Waals surface area contributed by atoms with Crippen LogP contribution in [-0.4, -0.2) is 44.0 Å². The molecule has 0 spiro atoms. The van der Waals surface area contributed by atoms with E-state index < -0.39 is 38.7 Å². The van der Waals surface area contributed by atoms with E-state index in [4.69, 9.17) is 13.6 Å². The molecule has 0 saturated heterocycles. The summed E-state index contributed by atoms with van der Waals surface area (Å²) in [5.41, 5.74) is 1.01. The normalized spacial score (nSPS) is 12.0. The van der Waals surface area contributed by atoms with Crippen LogP contribution in [0.25, 0.3) is 0 Å². The Morgan fingerprint density at radius 2 is 0.676 bits per heavy atom. The quantitative estimate of drug-likeness (QED) is 0.268. The topological polar surface area (TPSA) is 166 Å². The first-order chi connectivity index (χ1) is 17.1. The van der Waals surface area contributed by atoms with E-state index in [9.17, 15) is 25.3 Å². The van der Waals surface area contributed by atoms with Crippen LogP contribution in [0.4, 0.5) is 17.1 Å². The molecule has 0 aliphatic rings. The van der Waals surface area contributed by atoms with Crippen LogP contribution >= 0.6 is 8.60 Å². The number of benzene rings is 3. The third-order valence-electron chi connectivity index (χ3n) is 4.01. The summed E-state index contributed by atoms with van der Waals surface area (Å²) in [6, 6.07) is 18.1. The number of anilines is 3. The van der Waals surface area contributed by atoms with Crippen molar-refractivity contribution in [2.45, 2.75) is 0 Å². The minimum atomic E-state index is -3.45. The predicted molar refractivity (Wildman–Crippen MR) is 144 cm³/mol. The molecular weight excluding hydrogens is 565 g/mol. The zero-order valence-corrected chi connectivity index (χ0v) is 23.1. The zero-order chi connectivity index (χ0) is 27.3. The number of hydrogen-bond donors (Lipinski definition) is 3. The molecule has 0 unspecified atom stereocenters. The number of rotatable bonds is 12. The predicted octanol–water partition coefficient (Wildman–Crippen LogP) is 3.56. The van der Waals surface area contributed by atoms with Gasteiger partial charge in [0.1, 0.15) is 17.2 Å². The fraction of sp³-hybridized carbons (Fsp3) is 0.143. The highest BCUT2D eigenvalue weighted by Crippen LogP contribution is 2.43. The first-order valence-electron chi connectivity index (χ1n) is 10.2. The average molecular weight is 590 g/mol. The summed E-state index contributed by atoms with van der Waals surface area (Å²) in [6.45, 7) is 0. The Kier molecular flexibility index (Phi) is 8.74. The molecule has 0 aliphatic carbocycles. The van der Waals surface area contributed by atoms with E-state index in [1.807, 2.05) is 0 Å². The Morgan fingerprint density at radius 1 is 0.459 bits per heavy atom. The van der Waals surface area contributed by atoms with Gasteiger partial charge in [-0.3, -0.25) is 14.2 Å². The summed E-state index contributed by atoms with van der Waals surface area (Å²) in [5, 5.41) is 0. The highest BCUT2D eigenvalue weighted by molar-refractivity contribution is 7.92. The van der Waals surface area contributed by atoms with Crippen molar-refractivity contribution in [2.24, 2.45) is 0 Å². The van der Waals surface area contributed by atoms with Gasteiger partial charge in [0.2, 0.25) is 30.1 Å². The zero-order valence-electron chi connectivity index (χ0n) is 19.8. The van der Waals surface area contributed by atoms with Crippen LogP contribution in [0.5, 0.6) is 17.2 Å². The lowest BCUT2D eigenvalue weighted by molar-refractivity contribution is 0.388. The third kappa shape index (κ3) is 10.7. The van der Waals surface area contributed by atoms with Gasteiger partial charge in [0.25, 0.3) is 0 Å². The van der Waals surface area contributed by atoms with Gasteiger partial charge in [0.15, 0.2) is 0 Å². The van der Waals surface area contributed by atoms with Gasteiger partial charge in [-0.1, -0.05) is 0 Å². The molecule has 200 valence electrons. The molecule has 0 heterocycles. The lowest BCUT2D eigenvalue weighted by Gasteiger charge is -2.18. The molecule has 0 aromatic heterocycles. The summed E-state index contributed by atoms with van der Waals surface area (Å²) in [4.78, 5) is 0. The standard InChI is InChI=1S/C21H24N3O9PS3/c1-35(25,26)22-16-4-10-19(11-5-16)31-34(32-20-12-6-17(7-13-20)23-36(2,27)28)33-21-14-8-18(9-15-21)24-37(3,29)30/h4-15,22-24H,1-3H3. The van der Waals surface area contributed by atoms with Crippen molar-refractivity contribution in [3.8, 4) is 17.2 Å². The molecular formula is C21H24N3O9PS3. The largest absolute Gasteiger partial charge is 0.530 e. The molecule has 3 aromatic rings. The first-order valence-corrected chi connectivity index (χ1v) is 17.0. The van der Waals surface area contributed by atoms with Gasteiger partial charge in [0.05, 0.1) is 18.8 Å². The van der Waals surface area contributed by atoms with Gasteiger partial charge in [-0.25, -0.2) is 25.3 Å². The molecule has 0 fully saturated rings. The van der Waals surface area contributed by atoms with Gasteiger partial charge in [0, 0.05) is 17.1 Å². The lowest BCUT2D eigenvalue weighted by atomic mass is 10.3. The Morgan fingerprint density at radius 3 is 0.865 bits per heavy atom. The molecule has 0 saturated carbocycles. The SMILES string of the molecule is CS(=O)(=O)Nc1ccc(OP(Oc2ccc(NS(C)(=O)=O)cc2)Oc2ccc(NS(C)(=O)=O)cc2)cc1. The smallest absolute Gasteiger partial charge is 0.409 e. The van der Waals surface area contributed by atoms with Gasteiger partial charge in [-0.05, 0) is 72.8 Å². The van der Waals surface area contributed by atoms with Gasteiger partial charge >= 0.3 is 8.60 Å². The highest BCUT2D eigenvalue weighted by atomic mass is 32.2. The van der Waals surface area contributed by atoms with E-state index in [1.165, 1.54) is 72.8 Å². The van der Waals surface area contributed by atoms with Crippen LogP contribution in [-0.2, 0) is 30.1 Å². The second-order valence-corrected chi connectivity index (χ2v) is 13.9. The van der Waals surface area contributed by atoms with E-state index in [0.717, 1.165) is 18.8 Å². The molecule has 0 bridgehead atoms. The summed E-state index contributed by atoms with van der Waals surface area (Å²) in [7, 11) is -12.5. The second-order valence-electron chi connectivity index (χ2n) is 7.69. The Hall–Kier alpha value is -3.26. The molecule has 3 N–H and O–H groups in total. The average Bonchev–Trinajstić information content (AvgIpc) is 2.75. The lowest BCUT2D eigenvalue weighted by Crippen LogP contribution is -2.09. The fourth-order valence-electron chi connectivity index (χ4n) is 2.71. The van der Waals surface area contributed by atoms with E-state index in [0.29, 0.717) is 34.3 Å². The molecule has 3 rings (SSSR count). The summed E-state index contributed by atoms with van der Waals surface area (Å²) < 4.78 is 93.1. The van der Waals surface area contributed by atoms with Crippen molar-refractivity contribution < 1.29 is 38.8 Å². The molecule has 0 atom stereocenters. The Labute approximate surface area is 217 Å². The van der Waals surface area contributed by atoms with Crippen LogP contribution in [0.1, 0.15) is 0 Å². The van der Waals surface area contributed by atoms with Gasteiger partial charge < -0.3 is 13.6 Å². The molecule has 12 nitrogen and oxygen atoms in total. The van der Waals surface area contributed by atoms with Crippen molar-refractivity contribution in [1.29, 1.82) is 0 Å². The maximum Gasteiger partial charge on any atom is 0.530 e. The maximum absolute atomic E-state index is 11.4. The molecule has 0 aliphatic heterocycles. The van der Waals surface area contributed by atoms with Crippen molar-refractivity contribution in [3.05, 3.63) is 72.8 Å².